The number of hydrogen-bond donors (Lipinski definition) is 1. The van der Waals surface area contributed by atoms with Crippen LogP contribution in [-0.4, -0.2) is 16.9 Å². The molecule has 1 N–H and O–H groups in total. The second-order valence-electron chi connectivity index (χ2n) is 11.1. The fourth-order valence-electron chi connectivity index (χ4n) is 5.85. The van der Waals surface area contributed by atoms with Crippen LogP contribution in [0, 0.1) is 12.8 Å². The van der Waals surface area contributed by atoms with Gasteiger partial charge in [0.1, 0.15) is 22.8 Å². The Labute approximate surface area is 226 Å². The van der Waals surface area contributed by atoms with Crippen LogP contribution in [0.1, 0.15) is 105 Å². The van der Waals surface area contributed by atoms with Gasteiger partial charge in [-0.05, 0) is 70.9 Å². The van der Waals surface area contributed by atoms with Gasteiger partial charge >= 0.3 is 5.97 Å². The zero-order chi connectivity index (χ0) is 27.6. The second kappa shape index (κ2) is 11.2. The van der Waals surface area contributed by atoms with Crippen LogP contribution in [0.3, 0.4) is 0 Å². The summed E-state index contributed by atoms with van der Waals surface area (Å²) < 4.78 is 12.8. The smallest absolute Gasteiger partial charge is 0.345 e. The highest BCUT2D eigenvalue weighted by Crippen LogP contribution is 2.52. The van der Waals surface area contributed by atoms with Gasteiger partial charge in [-0.3, -0.25) is 4.79 Å². The fraction of sp³-hybridized carbons (Fsp3) is 0.455. The number of Topliss-reactive ketones (excluding diaryl/α,β-unsaturated/α-hetero) is 1. The number of rotatable bonds is 9. The standard InChI is InChI=1S/C33H40O5/c1-7-8-9-10-24-18-28(35)30(27-17-22(5)13-16-26(27)20(2)3)31-29(24)32(36)38-33(37-31,19-23(6)34)25-14-11-21(4)12-15-25/h11-12,14-15,17-18,26-27,35H,2,7-10,13,16,19H2,1,3-6H3. The highest BCUT2D eigenvalue weighted by atomic mass is 16.7. The van der Waals surface area contributed by atoms with E-state index in [1.54, 1.807) is 6.07 Å². The van der Waals surface area contributed by atoms with E-state index in [9.17, 15) is 14.7 Å². The number of aryl methyl sites for hydroxylation is 2. The van der Waals surface area contributed by atoms with E-state index in [0.29, 0.717) is 34.4 Å². The Balaban J connectivity index is 1.97. The molecule has 5 nitrogen and oxygen atoms in total. The fourth-order valence-corrected chi connectivity index (χ4v) is 5.85. The lowest BCUT2D eigenvalue weighted by atomic mass is 9.73. The number of phenolic OH excluding ortho intramolecular Hbond substituents is 1. The van der Waals surface area contributed by atoms with Crippen molar-refractivity contribution in [2.24, 2.45) is 5.92 Å². The Morgan fingerprint density at radius 1 is 1.13 bits per heavy atom. The number of aromatic hydroxyl groups is 1. The van der Waals surface area contributed by atoms with Gasteiger partial charge in [-0.2, -0.15) is 0 Å². The first-order valence-electron chi connectivity index (χ1n) is 13.8. The van der Waals surface area contributed by atoms with Gasteiger partial charge in [0.15, 0.2) is 0 Å². The van der Waals surface area contributed by atoms with Gasteiger partial charge in [0, 0.05) is 17.0 Å². The van der Waals surface area contributed by atoms with Gasteiger partial charge in [-0.15, -0.1) is 0 Å². The van der Waals surface area contributed by atoms with Gasteiger partial charge in [0.25, 0.3) is 5.79 Å². The first kappa shape index (κ1) is 27.7. The van der Waals surface area contributed by atoms with Crippen molar-refractivity contribution in [3.8, 4) is 11.5 Å². The maximum absolute atomic E-state index is 13.9. The molecule has 0 saturated heterocycles. The normalized spacial score (nSPS) is 22.7. The number of benzene rings is 2. The molecule has 0 spiro atoms. The van der Waals surface area contributed by atoms with Gasteiger partial charge in [0.05, 0.1) is 6.42 Å². The Kier molecular flexibility index (Phi) is 8.15. The van der Waals surface area contributed by atoms with Gasteiger partial charge in [-0.25, -0.2) is 4.79 Å². The third-order valence-corrected chi connectivity index (χ3v) is 7.84. The van der Waals surface area contributed by atoms with Crippen LogP contribution in [0.5, 0.6) is 11.5 Å². The number of carbonyl (C=O) groups is 2. The van der Waals surface area contributed by atoms with E-state index in [2.05, 4.69) is 26.5 Å². The quantitative estimate of drug-likeness (QED) is 0.209. The van der Waals surface area contributed by atoms with E-state index in [0.717, 1.165) is 43.2 Å². The second-order valence-corrected chi connectivity index (χ2v) is 11.1. The Morgan fingerprint density at radius 3 is 2.47 bits per heavy atom. The van der Waals surface area contributed by atoms with Crippen molar-refractivity contribution in [2.45, 2.75) is 91.3 Å². The molecule has 1 aliphatic heterocycles. The van der Waals surface area contributed by atoms with E-state index in [4.69, 9.17) is 9.47 Å². The zero-order valence-electron chi connectivity index (χ0n) is 23.4. The van der Waals surface area contributed by atoms with Gasteiger partial charge in [0.2, 0.25) is 0 Å². The summed E-state index contributed by atoms with van der Waals surface area (Å²) in [5.74, 6) is -1.99. The lowest BCUT2D eigenvalue weighted by Gasteiger charge is -2.41. The summed E-state index contributed by atoms with van der Waals surface area (Å²) in [7, 11) is 0. The molecule has 2 aromatic rings. The summed E-state index contributed by atoms with van der Waals surface area (Å²) in [4.78, 5) is 26.4. The number of carbonyl (C=O) groups excluding carboxylic acids is 2. The lowest BCUT2D eigenvalue weighted by Crippen LogP contribution is -2.44. The lowest BCUT2D eigenvalue weighted by molar-refractivity contribution is -0.172. The van der Waals surface area contributed by atoms with Crippen LogP contribution >= 0.6 is 0 Å². The molecule has 1 heterocycles. The van der Waals surface area contributed by atoms with Crippen molar-refractivity contribution in [1.82, 2.24) is 0 Å². The molecule has 5 heteroatoms. The average molecular weight is 517 g/mol. The molecule has 1 aliphatic carbocycles. The predicted octanol–water partition coefficient (Wildman–Crippen LogP) is 7.83. The number of ether oxygens (including phenoxy) is 2. The molecule has 0 aromatic heterocycles. The third-order valence-electron chi connectivity index (χ3n) is 7.84. The van der Waals surface area contributed by atoms with Crippen molar-refractivity contribution in [3.05, 3.63) is 82.0 Å². The molecule has 202 valence electrons. The number of fused-ring (bicyclic) bond motifs is 1. The third kappa shape index (κ3) is 5.43. The molecule has 0 amide bonds. The van der Waals surface area contributed by atoms with Crippen LogP contribution in [0.25, 0.3) is 0 Å². The SMILES string of the molecule is C=C(C)C1CCC(C)=CC1c1c(O)cc(CCCCC)c2c1OC(CC(C)=O)(c1ccc(C)cc1)OC2=O. The number of hydrogen-bond acceptors (Lipinski definition) is 5. The van der Waals surface area contributed by atoms with Crippen molar-refractivity contribution < 1.29 is 24.2 Å². The Morgan fingerprint density at radius 2 is 1.84 bits per heavy atom. The summed E-state index contributed by atoms with van der Waals surface area (Å²) in [6.07, 6.45) is 7.42. The molecule has 2 aliphatic rings. The van der Waals surface area contributed by atoms with Crippen LogP contribution in [0.2, 0.25) is 0 Å². The minimum Gasteiger partial charge on any atom is -0.507 e. The zero-order valence-corrected chi connectivity index (χ0v) is 23.4. The molecule has 0 bridgehead atoms. The maximum atomic E-state index is 13.9. The van der Waals surface area contributed by atoms with E-state index >= 15 is 0 Å². The van der Waals surface area contributed by atoms with Gasteiger partial charge < -0.3 is 14.6 Å². The van der Waals surface area contributed by atoms with E-state index in [1.807, 2.05) is 38.1 Å². The van der Waals surface area contributed by atoms with Crippen molar-refractivity contribution in [1.29, 1.82) is 0 Å². The molecule has 0 radical (unpaired) electrons. The monoisotopic (exact) mass is 516 g/mol. The Bertz CT molecular complexity index is 1270. The molecule has 0 saturated carbocycles. The summed E-state index contributed by atoms with van der Waals surface area (Å²) >= 11 is 0. The maximum Gasteiger partial charge on any atom is 0.345 e. The minimum absolute atomic E-state index is 0.0859. The highest BCUT2D eigenvalue weighted by Gasteiger charge is 2.48. The van der Waals surface area contributed by atoms with E-state index < -0.39 is 11.8 Å². The number of phenols is 1. The molecule has 0 fully saturated rings. The van der Waals surface area contributed by atoms with Crippen molar-refractivity contribution >= 4 is 11.8 Å². The largest absolute Gasteiger partial charge is 0.507 e. The summed E-state index contributed by atoms with van der Waals surface area (Å²) in [6.45, 7) is 13.9. The molecule has 3 unspecified atom stereocenters. The topological polar surface area (TPSA) is 72.8 Å². The minimum atomic E-state index is -1.61. The average Bonchev–Trinajstić information content (AvgIpc) is 2.83. The van der Waals surface area contributed by atoms with E-state index in [-0.39, 0.29) is 29.8 Å². The number of unbranched alkanes of at least 4 members (excludes halogenated alkanes) is 2. The Hall–Kier alpha value is -3.34. The van der Waals surface area contributed by atoms with Crippen LogP contribution in [0.15, 0.2) is 54.1 Å². The number of ketones is 1. The van der Waals surface area contributed by atoms with Crippen LogP contribution in [-0.2, 0) is 21.7 Å². The molecular weight excluding hydrogens is 476 g/mol. The molecule has 38 heavy (non-hydrogen) atoms. The molecule has 2 aromatic carbocycles. The van der Waals surface area contributed by atoms with Crippen molar-refractivity contribution in [2.75, 3.05) is 0 Å². The number of allylic oxidation sites excluding steroid dienone is 3. The summed E-state index contributed by atoms with van der Waals surface area (Å²) in [6, 6.07) is 9.21. The van der Waals surface area contributed by atoms with Crippen LogP contribution < -0.4 is 4.74 Å². The first-order chi connectivity index (χ1) is 18.1. The van der Waals surface area contributed by atoms with E-state index in [1.165, 1.54) is 12.5 Å². The van der Waals surface area contributed by atoms with Crippen LogP contribution in [0.4, 0.5) is 0 Å². The highest BCUT2D eigenvalue weighted by molar-refractivity contribution is 5.97. The molecule has 3 atom stereocenters. The number of cyclic esters (lactones) is 1. The number of esters is 1. The summed E-state index contributed by atoms with van der Waals surface area (Å²) in [5.41, 5.74) is 5.51. The molecular formula is C33H40O5. The van der Waals surface area contributed by atoms with Crippen molar-refractivity contribution in [3.63, 3.8) is 0 Å². The predicted molar refractivity (Wildman–Crippen MR) is 150 cm³/mol. The first-order valence-corrected chi connectivity index (χ1v) is 13.8. The summed E-state index contributed by atoms with van der Waals surface area (Å²) in [5, 5.41) is 11.5. The van der Waals surface area contributed by atoms with Gasteiger partial charge in [-0.1, -0.05) is 73.4 Å². The molecule has 4 rings (SSSR count).